The fourth-order valence-corrected chi connectivity index (χ4v) is 3.74. The summed E-state index contributed by atoms with van der Waals surface area (Å²) in [6.45, 7) is 7.33. The van der Waals surface area contributed by atoms with Crippen LogP contribution in [0.5, 0.6) is 0 Å². The van der Waals surface area contributed by atoms with Gasteiger partial charge in [-0.05, 0) is 57.0 Å². The molecule has 7 heteroatoms. The van der Waals surface area contributed by atoms with Crippen LogP contribution in [-0.4, -0.2) is 54.3 Å². The number of pyridine rings is 1. The van der Waals surface area contributed by atoms with Crippen molar-refractivity contribution in [2.75, 3.05) is 50.0 Å². The van der Waals surface area contributed by atoms with E-state index >= 15 is 0 Å². The molecule has 3 heterocycles. The lowest BCUT2D eigenvalue weighted by atomic mass is 9.98. The van der Waals surface area contributed by atoms with E-state index in [0.29, 0.717) is 12.5 Å². The number of benzene rings is 1. The Balaban J connectivity index is 1.52. The average molecular weight is 407 g/mol. The number of hydrogen-bond acceptors (Lipinski definition) is 7. The third kappa shape index (κ3) is 5.23. The van der Waals surface area contributed by atoms with Crippen LogP contribution in [0.15, 0.2) is 42.7 Å². The Labute approximate surface area is 177 Å². The monoisotopic (exact) mass is 406 g/mol. The van der Waals surface area contributed by atoms with Crippen LogP contribution in [0.3, 0.4) is 0 Å². The van der Waals surface area contributed by atoms with E-state index in [1.165, 1.54) is 12.8 Å². The van der Waals surface area contributed by atoms with Gasteiger partial charge in [0.15, 0.2) is 5.82 Å². The predicted octanol–water partition coefficient (Wildman–Crippen LogP) is 3.55. The SMILES string of the molecule is CCOCCNc1ccc(-c2cc3nccnc3c(NCC3CCNCC3)n2)cc1. The Morgan fingerprint density at radius 1 is 1.07 bits per heavy atom. The minimum absolute atomic E-state index is 0.658. The van der Waals surface area contributed by atoms with Crippen molar-refractivity contribution >= 4 is 22.5 Å². The van der Waals surface area contributed by atoms with Crippen molar-refractivity contribution in [2.45, 2.75) is 19.8 Å². The quantitative estimate of drug-likeness (QED) is 0.469. The van der Waals surface area contributed by atoms with Crippen molar-refractivity contribution < 1.29 is 4.74 Å². The molecule has 0 atom stereocenters. The molecule has 1 saturated heterocycles. The minimum Gasteiger partial charge on any atom is -0.383 e. The number of aromatic nitrogens is 3. The Morgan fingerprint density at radius 2 is 1.87 bits per heavy atom. The highest BCUT2D eigenvalue weighted by Gasteiger charge is 2.15. The summed E-state index contributed by atoms with van der Waals surface area (Å²) >= 11 is 0. The van der Waals surface area contributed by atoms with Crippen molar-refractivity contribution in [2.24, 2.45) is 5.92 Å². The highest BCUT2D eigenvalue weighted by Crippen LogP contribution is 2.27. The summed E-state index contributed by atoms with van der Waals surface area (Å²) in [4.78, 5) is 13.9. The summed E-state index contributed by atoms with van der Waals surface area (Å²) in [5.41, 5.74) is 4.71. The zero-order valence-electron chi connectivity index (χ0n) is 17.5. The second-order valence-corrected chi connectivity index (χ2v) is 7.56. The van der Waals surface area contributed by atoms with Gasteiger partial charge >= 0.3 is 0 Å². The van der Waals surface area contributed by atoms with Crippen molar-refractivity contribution in [3.63, 3.8) is 0 Å². The summed E-state index contributed by atoms with van der Waals surface area (Å²) in [6.07, 6.45) is 5.83. The first kappa shape index (κ1) is 20.5. The van der Waals surface area contributed by atoms with Gasteiger partial charge in [0.2, 0.25) is 0 Å². The van der Waals surface area contributed by atoms with Crippen LogP contribution in [0.2, 0.25) is 0 Å². The molecule has 158 valence electrons. The van der Waals surface area contributed by atoms with Gasteiger partial charge in [0.05, 0.1) is 17.8 Å². The molecule has 0 saturated carbocycles. The van der Waals surface area contributed by atoms with Crippen molar-refractivity contribution in [3.8, 4) is 11.3 Å². The van der Waals surface area contributed by atoms with Crippen LogP contribution in [0.4, 0.5) is 11.5 Å². The van der Waals surface area contributed by atoms with E-state index in [1.807, 2.05) is 13.0 Å². The van der Waals surface area contributed by atoms with E-state index in [4.69, 9.17) is 9.72 Å². The standard InChI is InChI=1S/C23H30N6O/c1-2-30-14-13-25-19-5-3-18(4-6-19)20-15-21-22(27-12-11-26-21)23(29-20)28-16-17-7-9-24-10-8-17/h3-6,11-12,15,17,24-25H,2,7-10,13-14,16H2,1H3,(H,28,29). The topological polar surface area (TPSA) is 84.0 Å². The highest BCUT2D eigenvalue weighted by molar-refractivity contribution is 5.88. The Bertz CT molecular complexity index is 940. The van der Waals surface area contributed by atoms with Crippen LogP contribution >= 0.6 is 0 Å². The van der Waals surface area contributed by atoms with E-state index in [2.05, 4.69) is 50.2 Å². The van der Waals surface area contributed by atoms with E-state index in [0.717, 1.165) is 66.6 Å². The molecule has 0 spiro atoms. The Hall–Kier alpha value is -2.77. The molecule has 7 nitrogen and oxygen atoms in total. The molecule has 0 aliphatic carbocycles. The van der Waals surface area contributed by atoms with Gasteiger partial charge in [-0.1, -0.05) is 12.1 Å². The summed E-state index contributed by atoms with van der Waals surface area (Å²) < 4.78 is 5.37. The number of hydrogen-bond donors (Lipinski definition) is 3. The predicted molar refractivity (Wildman–Crippen MR) is 122 cm³/mol. The van der Waals surface area contributed by atoms with Gasteiger partial charge in [0, 0.05) is 43.3 Å². The number of fused-ring (bicyclic) bond motifs is 1. The molecule has 3 N–H and O–H groups in total. The molecule has 4 rings (SSSR count). The number of piperidine rings is 1. The second-order valence-electron chi connectivity index (χ2n) is 7.56. The molecule has 1 aromatic carbocycles. The first-order chi connectivity index (χ1) is 14.8. The van der Waals surface area contributed by atoms with Gasteiger partial charge in [-0.25, -0.2) is 9.97 Å². The highest BCUT2D eigenvalue weighted by atomic mass is 16.5. The van der Waals surface area contributed by atoms with E-state index in [9.17, 15) is 0 Å². The Kier molecular flexibility index (Phi) is 7.05. The van der Waals surface area contributed by atoms with Crippen LogP contribution < -0.4 is 16.0 Å². The average Bonchev–Trinajstić information content (AvgIpc) is 2.81. The summed E-state index contributed by atoms with van der Waals surface area (Å²) in [5.74, 6) is 1.47. The molecule has 0 unspecified atom stereocenters. The lowest BCUT2D eigenvalue weighted by molar-refractivity contribution is 0.158. The summed E-state index contributed by atoms with van der Waals surface area (Å²) in [5, 5.41) is 10.3. The first-order valence-electron chi connectivity index (χ1n) is 10.8. The third-order valence-corrected chi connectivity index (χ3v) is 5.43. The van der Waals surface area contributed by atoms with Crippen molar-refractivity contribution in [3.05, 3.63) is 42.7 Å². The van der Waals surface area contributed by atoms with Crippen LogP contribution in [0, 0.1) is 5.92 Å². The van der Waals surface area contributed by atoms with Crippen molar-refractivity contribution in [1.82, 2.24) is 20.3 Å². The lowest BCUT2D eigenvalue weighted by Crippen LogP contribution is -2.31. The maximum Gasteiger partial charge on any atom is 0.154 e. The van der Waals surface area contributed by atoms with Gasteiger partial charge in [0.25, 0.3) is 0 Å². The number of nitrogens with one attached hydrogen (secondary N) is 3. The molecular formula is C23H30N6O. The van der Waals surface area contributed by atoms with Gasteiger partial charge in [-0.3, -0.25) is 4.98 Å². The molecule has 0 radical (unpaired) electrons. The van der Waals surface area contributed by atoms with Crippen LogP contribution in [-0.2, 0) is 4.74 Å². The van der Waals surface area contributed by atoms with Gasteiger partial charge < -0.3 is 20.7 Å². The maximum atomic E-state index is 5.37. The first-order valence-corrected chi connectivity index (χ1v) is 10.8. The number of rotatable bonds is 9. The largest absolute Gasteiger partial charge is 0.383 e. The second kappa shape index (κ2) is 10.3. The molecule has 0 bridgehead atoms. The van der Waals surface area contributed by atoms with E-state index < -0.39 is 0 Å². The lowest BCUT2D eigenvalue weighted by Gasteiger charge is -2.23. The van der Waals surface area contributed by atoms with Crippen molar-refractivity contribution in [1.29, 1.82) is 0 Å². The molecule has 0 amide bonds. The van der Waals surface area contributed by atoms with Gasteiger partial charge in [-0.2, -0.15) is 0 Å². The molecule has 3 aromatic rings. The third-order valence-electron chi connectivity index (χ3n) is 5.43. The molecule has 2 aromatic heterocycles. The number of anilines is 2. The number of ether oxygens (including phenoxy) is 1. The summed E-state index contributed by atoms with van der Waals surface area (Å²) in [6, 6.07) is 10.3. The number of nitrogens with zero attached hydrogens (tertiary/aromatic N) is 3. The fourth-order valence-electron chi connectivity index (χ4n) is 3.74. The minimum atomic E-state index is 0.658. The zero-order chi connectivity index (χ0) is 20.6. The van der Waals surface area contributed by atoms with Crippen LogP contribution in [0.25, 0.3) is 22.3 Å². The van der Waals surface area contributed by atoms with Crippen LogP contribution in [0.1, 0.15) is 19.8 Å². The van der Waals surface area contributed by atoms with Gasteiger partial charge in [0.1, 0.15) is 5.52 Å². The fraction of sp³-hybridized carbons (Fsp3) is 0.435. The Morgan fingerprint density at radius 3 is 2.67 bits per heavy atom. The molecular weight excluding hydrogens is 376 g/mol. The molecule has 1 aliphatic heterocycles. The normalized spacial score (nSPS) is 14.7. The van der Waals surface area contributed by atoms with E-state index in [-0.39, 0.29) is 0 Å². The molecule has 1 fully saturated rings. The molecule has 1 aliphatic rings. The summed E-state index contributed by atoms with van der Waals surface area (Å²) in [7, 11) is 0. The molecule has 30 heavy (non-hydrogen) atoms. The maximum absolute atomic E-state index is 5.37. The smallest absolute Gasteiger partial charge is 0.154 e. The van der Waals surface area contributed by atoms with Gasteiger partial charge in [-0.15, -0.1) is 0 Å². The van der Waals surface area contributed by atoms with E-state index in [1.54, 1.807) is 12.4 Å². The zero-order valence-corrected chi connectivity index (χ0v) is 17.5.